The van der Waals surface area contributed by atoms with Crippen molar-refractivity contribution in [3.8, 4) is 0 Å². The van der Waals surface area contributed by atoms with Gasteiger partial charge in [0.25, 0.3) is 5.91 Å². The molecule has 0 bridgehead atoms. The van der Waals surface area contributed by atoms with Crippen LogP contribution in [0.4, 0.5) is 5.69 Å². The molecule has 1 aliphatic rings. The summed E-state index contributed by atoms with van der Waals surface area (Å²) in [5.74, 6) is -0.191. The first-order valence-corrected chi connectivity index (χ1v) is 9.09. The van der Waals surface area contributed by atoms with Gasteiger partial charge >= 0.3 is 0 Å². The molecule has 132 valence electrons. The number of amides is 2. The van der Waals surface area contributed by atoms with E-state index in [1.165, 1.54) is 22.3 Å². The molecule has 3 heterocycles. The number of thiophene rings is 1. The predicted octanol–water partition coefficient (Wildman–Crippen LogP) is 2.82. The normalized spacial score (nSPS) is 17.5. The van der Waals surface area contributed by atoms with E-state index >= 15 is 0 Å². The van der Waals surface area contributed by atoms with E-state index in [2.05, 4.69) is 6.58 Å². The maximum atomic E-state index is 12.3. The molecule has 3 rings (SSSR count). The van der Waals surface area contributed by atoms with Crippen LogP contribution in [-0.4, -0.2) is 47.2 Å². The van der Waals surface area contributed by atoms with Crippen LogP contribution in [0.15, 0.2) is 24.8 Å². The van der Waals surface area contributed by atoms with E-state index in [9.17, 15) is 9.59 Å². The smallest absolute Gasteiger partial charge is 0.265 e. The highest BCUT2D eigenvalue weighted by Crippen LogP contribution is 2.36. The Morgan fingerprint density at radius 2 is 2.16 bits per heavy atom. The van der Waals surface area contributed by atoms with Crippen LogP contribution in [0, 0.1) is 0 Å². The van der Waals surface area contributed by atoms with E-state index in [0.29, 0.717) is 17.1 Å². The van der Waals surface area contributed by atoms with Crippen LogP contribution in [0.25, 0.3) is 10.2 Å². The Bertz CT molecular complexity index is 843. The molecule has 1 fully saturated rings. The fourth-order valence-corrected chi connectivity index (χ4v) is 4.30. The van der Waals surface area contributed by atoms with Crippen LogP contribution in [-0.2, 0) is 4.79 Å². The molecule has 2 aromatic rings. The third-order valence-electron chi connectivity index (χ3n) is 4.52. The molecule has 0 spiro atoms. The van der Waals surface area contributed by atoms with Gasteiger partial charge in [0, 0.05) is 26.0 Å². The number of likely N-dealkylation sites (tertiary alicyclic amines) is 1. The summed E-state index contributed by atoms with van der Waals surface area (Å²) in [7, 11) is 3.40. The van der Waals surface area contributed by atoms with Gasteiger partial charge in [0.15, 0.2) is 0 Å². The lowest BCUT2D eigenvalue weighted by molar-refractivity contribution is -0.129. The van der Waals surface area contributed by atoms with Gasteiger partial charge in [-0.25, -0.2) is 4.98 Å². The maximum Gasteiger partial charge on any atom is 0.265 e. The van der Waals surface area contributed by atoms with E-state index in [1.54, 1.807) is 14.1 Å². The van der Waals surface area contributed by atoms with Gasteiger partial charge in [-0.3, -0.25) is 9.59 Å². The standard InChI is InChI=1S/C18H22N4O2S/c1-4-14(23)22-10-6-5-7-13(22)12-9-8-11-15(19)16(18(24)21(2)3)25-17(11)20-12/h4,8-9,13H,1,5-7,10,19H2,2-3H3. The second-order valence-corrected chi connectivity index (χ2v) is 7.38. The van der Waals surface area contributed by atoms with Crippen LogP contribution in [0.2, 0.25) is 0 Å². The molecular weight excluding hydrogens is 336 g/mol. The van der Waals surface area contributed by atoms with Crippen molar-refractivity contribution in [2.45, 2.75) is 25.3 Å². The molecular formula is C18H22N4O2S. The first-order chi connectivity index (χ1) is 11.9. The molecule has 7 heteroatoms. The quantitative estimate of drug-likeness (QED) is 0.856. The topological polar surface area (TPSA) is 79.5 Å². The summed E-state index contributed by atoms with van der Waals surface area (Å²) in [5, 5.41) is 0.788. The molecule has 1 atom stereocenters. The van der Waals surface area contributed by atoms with Crippen molar-refractivity contribution in [2.24, 2.45) is 0 Å². The molecule has 6 nitrogen and oxygen atoms in total. The number of hydrogen-bond donors (Lipinski definition) is 1. The Balaban J connectivity index is 2.02. The van der Waals surface area contributed by atoms with Gasteiger partial charge in [0.2, 0.25) is 5.91 Å². The molecule has 0 aliphatic carbocycles. The van der Waals surface area contributed by atoms with Crippen LogP contribution in [0.1, 0.15) is 40.7 Å². The molecule has 2 N–H and O–H groups in total. The Kier molecular flexibility index (Phi) is 4.76. The summed E-state index contributed by atoms with van der Waals surface area (Å²) in [4.78, 5) is 33.7. The number of piperidine rings is 1. The highest BCUT2D eigenvalue weighted by molar-refractivity contribution is 7.21. The number of rotatable bonds is 3. The molecule has 1 unspecified atom stereocenters. The molecule has 1 aliphatic heterocycles. The van der Waals surface area contributed by atoms with Gasteiger partial charge < -0.3 is 15.5 Å². The second-order valence-electron chi connectivity index (χ2n) is 6.38. The predicted molar refractivity (Wildman–Crippen MR) is 101 cm³/mol. The van der Waals surface area contributed by atoms with Gasteiger partial charge in [-0.05, 0) is 37.5 Å². The molecule has 2 aromatic heterocycles. The van der Waals surface area contributed by atoms with Gasteiger partial charge in [-0.1, -0.05) is 6.58 Å². The minimum Gasteiger partial charge on any atom is -0.397 e. The summed E-state index contributed by atoms with van der Waals surface area (Å²) in [5.41, 5.74) is 7.46. The highest BCUT2D eigenvalue weighted by atomic mass is 32.1. The lowest BCUT2D eigenvalue weighted by Gasteiger charge is -2.34. The van der Waals surface area contributed by atoms with E-state index < -0.39 is 0 Å². The minimum atomic E-state index is -0.122. The fourth-order valence-electron chi connectivity index (χ4n) is 3.18. The molecule has 1 saturated heterocycles. The second kappa shape index (κ2) is 6.84. The first-order valence-electron chi connectivity index (χ1n) is 8.27. The Labute approximate surface area is 150 Å². The number of hydrogen-bond acceptors (Lipinski definition) is 5. The Morgan fingerprint density at radius 3 is 2.84 bits per heavy atom. The number of carbonyl (C=O) groups is 2. The number of nitrogen functional groups attached to an aromatic ring is 1. The Hall–Kier alpha value is -2.41. The van der Waals surface area contributed by atoms with Crippen molar-refractivity contribution in [1.29, 1.82) is 0 Å². The van der Waals surface area contributed by atoms with Crippen LogP contribution >= 0.6 is 11.3 Å². The molecule has 0 saturated carbocycles. The van der Waals surface area contributed by atoms with Gasteiger partial charge in [-0.15, -0.1) is 11.3 Å². The van der Waals surface area contributed by atoms with Crippen molar-refractivity contribution >= 4 is 39.1 Å². The summed E-state index contributed by atoms with van der Waals surface area (Å²) in [6.45, 7) is 4.31. The van der Waals surface area contributed by atoms with Crippen molar-refractivity contribution in [1.82, 2.24) is 14.8 Å². The Morgan fingerprint density at radius 1 is 1.40 bits per heavy atom. The average molecular weight is 358 g/mol. The number of nitrogens with zero attached hydrogens (tertiary/aromatic N) is 3. The van der Waals surface area contributed by atoms with Crippen molar-refractivity contribution in [2.75, 3.05) is 26.4 Å². The van der Waals surface area contributed by atoms with E-state index in [1.807, 2.05) is 17.0 Å². The van der Waals surface area contributed by atoms with E-state index in [4.69, 9.17) is 10.7 Å². The molecule has 0 radical (unpaired) electrons. The van der Waals surface area contributed by atoms with Gasteiger partial charge in [0.05, 0.1) is 17.4 Å². The van der Waals surface area contributed by atoms with Gasteiger partial charge in [0.1, 0.15) is 9.71 Å². The van der Waals surface area contributed by atoms with Crippen LogP contribution < -0.4 is 5.73 Å². The van der Waals surface area contributed by atoms with Crippen molar-refractivity contribution in [3.05, 3.63) is 35.4 Å². The number of carbonyl (C=O) groups excluding carboxylic acids is 2. The lowest BCUT2D eigenvalue weighted by atomic mass is 9.98. The lowest BCUT2D eigenvalue weighted by Crippen LogP contribution is -2.37. The largest absolute Gasteiger partial charge is 0.397 e. The zero-order valence-electron chi connectivity index (χ0n) is 14.5. The number of nitrogens with two attached hydrogens (primary N) is 1. The molecule has 2 amide bonds. The number of anilines is 1. The molecule has 25 heavy (non-hydrogen) atoms. The van der Waals surface area contributed by atoms with Crippen molar-refractivity contribution in [3.63, 3.8) is 0 Å². The minimum absolute atomic E-state index is 0.0556. The summed E-state index contributed by atoms with van der Waals surface area (Å²) < 4.78 is 0. The zero-order chi connectivity index (χ0) is 18.1. The number of aromatic nitrogens is 1. The van der Waals surface area contributed by atoms with Crippen molar-refractivity contribution < 1.29 is 9.59 Å². The first kappa shape index (κ1) is 17.4. The summed E-state index contributed by atoms with van der Waals surface area (Å²) >= 11 is 1.30. The van der Waals surface area contributed by atoms with Crippen LogP contribution in [0.3, 0.4) is 0 Å². The SMILES string of the molecule is C=CC(=O)N1CCCCC1c1ccc2c(N)c(C(=O)N(C)C)sc2n1. The molecule has 0 aromatic carbocycles. The van der Waals surface area contributed by atoms with E-state index in [0.717, 1.165) is 35.2 Å². The van der Waals surface area contributed by atoms with Gasteiger partial charge in [-0.2, -0.15) is 0 Å². The average Bonchev–Trinajstić information content (AvgIpc) is 2.96. The maximum absolute atomic E-state index is 12.3. The summed E-state index contributed by atoms with van der Waals surface area (Å²) in [6, 6.07) is 3.76. The van der Waals surface area contributed by atoms with Crippen LogP contribution in [0.5, 0.6) is 0 Å². The third-order valence-corrected chi connectivity index (χ3v) is 5.62. The number of pyridine rings is 1. The zero-order valence-corrected chi connectivity index (χ0v) is 15.3. The van der Waals surface area contributed by atoms with E-state index in [-0.39, 0.29) is 17.9 Å². The highest BCUT2D eigenvalue weighted by Gasteiger charge is 2.28. The third kappa shape index (κ3) is 3.11. The summed E-state index contributed by atoms with van der Waals surface area (Å²) in [6.07, 6.45) is 4.28. The monoisotopic (exact) mass is 358 g/mol. The number of fused-ring (bicyclic) bond motifs is 1. The fraction of sp³-hybridized carbons (Fsp3) is 0.389.